The molecule has 0 aliphatic rings. The lowest BCUT2D eigenvalue weighted by molar-refractivity contribution is 0.496. The van der Waals surface area contributed by atoms with Gasteiger partial charge in [-0.3, -0.25) is 0 Å². The van der Waals surface area contributed by atoms with E-state index in [2.05, 4.69) is 29.2 Å². The van der Waals surface area contributed by atoms with Crippen LogP contribution in [-0.4, -0.2) is 20.8 Å². The molecule has 0 aliphatic heterocycles. The first-order valence-electron chi connectivity index (χ1n) is 7.03. The SMILES string of the molecule is CCCn1ncnc1CNC(C)Cc1ccc(F)cc1. The van der Waals surface area contributed by atoms with Gasteiger partial charge in [0.1, 0.15) is 18.0 Å². The first kappa shape index (κ1) is 14.7. The molecule has 1 heterocycles. The van der Waals surface area contributed by atoms with Gasteiger partial charge in [0, 0.05) is 12.6 Å². The molecule has 0 saturated carbocycles. The molecule has 0 fully saturated rings. The molecule has 0 radical (unpaired) electrons. The van der Waals surface area contributed by atoms with Crippen LogP contribution in [0.25, 0.3) is 0 Å². The maximum Gasteiger partial charge on any atom is 0.140 e. The average molecular weight is 276 g/mol. The number of hydrogen-bond acceptors (Lipinski definition) is 3. The molecule has 1 unspecified atom stereocenters. The third-order valence-electron chi connectivity index (χ3n) is 3.19. The van der Waals surface area contributed by atoms with E-state index in [4.69, 9.17) is 0 Å². The van der Waals surface area contributed by atoms with E-state index in [1.165, 1.54) is 12.1 Å². The smallest absolute Gasteiger partial charge is 0.140 e. The van der Waals surface area contributed by atoms with Crippen molar-refractivity contribution in [3.8, 4) is 0 Å². The van der Waals surface area contributed by atoms with E-state index in [1.54, 1.807) is 6.33 Å². The first-order valence-corrected chi connectivity index (χ1v) is 7.03. The fourth-order valence-electron chi connectivity index (χ4n) is 2.14. The molecular weight excluding hydrogens is 255 g/mol. The summed E-state index contributed by atoms with van der Waals surface area (Å²) in [6.45, 7) is 5.83. The molecule has 0 amide bonds. The molecule has 1 atom stereocenters. The van der Waals surface area contributed by atoms with E-state index in [1.807, 2.05) is 16.8 Å². The van der Waals surface area contributed by atoms with Gasteiger partial charge in [0.25, 0.3) is 0 Å². The highest BCUT2D eigenvalue weighted by atomic mass is 19.1. The summed E-state index contributed by atoms with van der Waals surface area (Å²) in [7, 11) is 0. The molecule has 1 aromatic carbocycles. The predicted molar refractivity (Wildman–Crippen MR) is 76.7 cm³/mol. The van der Waals surface area contributed by atoms with Crippen LogP contribution in [-0.2, 0) is 19.5 Å². The molecule has 0 aliphatic carbocycles. The molecule has 108 valence electrons. The summed E-state index contributed by atoms with van der Waals surface area (Å²) in [5.74, 6) is 0.764. The lowest BCUT2D eigenvalue weighted by atomic mass is 10.1. The number of nitrogens with one attached hydrogen (secondary N) is 1. The Morgan fingerprint density at radius 1 is 1.30 bits per heavy atom. The highest BCUT2D eigenvalue weighted by Crippen LogP contribution is 2.06. The van der Waals surface area contributed by atoms with Gasteiger partial charge in [-0.15, -0.1) is 0 Å². The Bertz CT molecular complexity index is 521. The van der Waals surface area contributed by atoms with Gasteiger partial charge in [0.15, 0.2) is 0 Å². The number of hydrogen-bond donors (Lipinski definition) is 1. The number of aryl methyl sites for hydroxylation is 1. The van der Waals surface area contributed by atoms with Crippen molar-refractivity contribution in [2.24, 2.45) is 0 Å². The van der Waals surface area contributed by atoms with Gasteiger partial charge in [-0.05, 0) is 37.5 Å². The van der Waals surface area contributed by atoms with Crippen molar-refractivity contribution in [2.45, 2.75) is 45.8 Å². The van der Waals surface area contributed by atoms with Crippen molar-refractivity contribution >= 4 is 0 Å². The summed E-state index contributed by atoms with van der Waals surface area (Å²) in [5.41, 5.74) is 1.13. The van der Waals surface area contributed by atoms with Gasteiger partial charge in [-0.2, -0.15) is 5.10 Å². The minimum absolute atomic E-state index is 0.193. The fourth-order valence-corrected chi connectivity index (χ4v) is 2.14. The summed E-state index contributed by atoms with van der Waals surface area (Å²) in [4.78, 5) is 4.27. The van der Waals surface area contributed by atoms with Crippen LogP contribution >= 0.6 is 0 Å². The highest BCUT2D eigenvalue weighted by Gasteiger charge is 2.07. The minimum Gasteiger partial charge on any atom is -0.307 e. The van der Waals surface area contributed by atoms with Gasteiger partial charge in [-0.25, -0.2) is 14.1 Å². The maximum absolute atomic E-state index is 12.8. The van der Waals surface area contributed by atoms with Gasteiger partial charge in [0.05, 0.1) is 6.54 Å². The van der Waals surface area contributed by atoms with Crippen molar-refractivity contribution in [1.29, 1.82) is 0 Å². The Balaban J connectivity index is 1.84. The Labute approximate surface area is 119 Å². The quantitative estimate of drug-likeness (QED) is 0.845. The van der Waals surface area contributed by atoms with Gasteiger partial charge in [0.2, 0.25) is 0 Å². The van der Waals surface area contributed by atoms with E-state index in [-0.39, 0.29) is 5.82 Å². The van der Waals surface area contributed by atoms with Crippen LogP contribution in [0.3, 0.4) is 0 Å². The van der Waals surface area contributed by atoms with Crippen molar-refractivity contribution in [3.05, 3.63) is 47.8 Å². The van der Waals surface area contributed by atoms with Crippen LogP contribution in [0.1, 0.15) is 31.7 Å². The Hall–Kier alpha value is -1.75. The Morgan fingerprint density at radius 2 is 2.05 bits per heavy atom. The van der Waals surface area contributed by atoms with E-state index in [0.29, 0.717) is 12.6 Å². The first-order chi connectivity index (χ1) is 9.69. The molecule has 2 rings (SSSR count). The lowest BCUT2D eigenvalue weighted by Crippen LogP contribution is -2.29. The second-order valence-corrected chi connectivity index (χ2v) is 5.01. The van der Waals surface area contributed by atoms with Crippen molar-refractivity contribution in [1.82, 2.24) is 20.1 Å². The Morgan fingerprint density at radius 3 is 2.75 bits per heavy atom. The number of aromatic nitrogens is 3. The second-order valence-electron chi connectivity index (χ2n) is 5.01. The lowest BCUT2D eigenvalue weighted by Gasteiger charge is -2.14. The number of nitrogens with zero attached hydrogens (tertiary/aromatic N) is 3. The van der Waals surface area contributed by atoms with Gasteiger partial charge >= 0.3 is 0 Å². The monoisotopic (exact) mass is 276 g/mol. The van der Waals surface area contributed by atoms with Crippen LogP contribution in [0.15, 0.2) is 30.6 Å². The predicted octanol–water partition coefficient (Wildman–Crippen LogP) is 2.55. The van der Waals surface area contributed by atoms with E-state index < -0.39 is 0 Å². The fraction of sp³-hybridized carbons (Fsp3) is 0.467. The Kier molecular flexibility index (Phi) is 5.24. The summed E-state index contributed by atoms with van der Waals surface area (Å²) < 4.78 is 14.8. The number of halogens is 1. The van der Waals surface area contributed by atoms with Crippen molar-refractivity contribution in [3.63, 3.8) is 0 Å². The van der Waals surface area contributed by atoms with Crippen molar-refractivity contribution < 1.29 is 4.39 Å². The summed E-state index contributed by atoms with van der Waals surface area (Å²) in [5, 5.41) is 7.63. The molecule has 20 heavy (non-hydrogen) atoms. The van der Waals surface area contributed by atoms with E-state index >= 15 is 0 Å². The zero-order valence-electron chi connectivity index (χ0n) is 12.0. The van der Waals surface area contributed by atoms with Gasteiger partial charge in [-0.1, -0.05) is 19.1 Å². The van der Waals surface area contributed by atoms with E-state index in [0.717, 1.165) is 30.8 Å². The molecule has 0 spiro atoms. The zero-order valence-corrected chi connectivity index (χ0v) is 12.0. The molecular formula is C15H21FN4. The summed E-state index contributed by atoms with van der Waals surface area (Å²) in [6, 6.07) is 6.95. The third kappa shape index (κ3) is 4.13. The average Bonchev–Trinajstić information content (AvgIpc) is 2.87. The zero-order chi connectivity index (χ0) is 14.4. The molecule has 0 saturated heterocycles. The second kappa shape index (κ2) is 7.14. The van der Waals surface area contributed by atoms with Crippen LogP contribution in [0.5, 0.6) is 0 Å². The van der Waals surface area contributed by atoms with Crippen molar-refractivity contribution in [2.75, 3.05) is 0 Å². The minimum atomic E-state index is -0.193. The normalized spacial score (nSPS) is 12.6. The summed E-state index contributed by atoms with van der Waals surface area (Å²) in [6.07, 6.45) is 3.50. The topological polar surface area (TPSA) is 42.7 Å². The van der Waals surface area contributed by atoms with E-state index in [9.17, 15) is 4.39 Å². The highest BCUT2D eigenvalue weighted by molar-refractivity contribution is 5.17. The standard InChI is InChI=1S/C15H21FN4/c1-3-8-20-15(18-11-19-20)10-17-12(2)9-13-4-6-14(16)7-5-13/h4-7,11-12,17H,3,8-10H2,1-2H3. The molecule has 2 aromatic rings. The number of benzene rings is 1. The number of rotatable bonds is 7. The van der Waals surface area contributed by atoms with Crippen LogP contribution < -0.4 is 5.32 Å². The third-order valence-corrected chi connectivity index (χ3v) is 3.19. The largest absolute Gasteiger partial charge is 0.307 e. The van der Waals surface area contributed by atoms with Crippen LogP contribution in [0.2, 0.25) is 0 Å². The summed E-state index contributed by atoms with van der Waals surface area (Å²) >= 11 is 0. The maximum atomic E-state index is 12.8. The molecule has 0 bridgehead atoms. The molecule has 4 nitrogen and oxygen atoms in total. The molecule has 1 aromatic heterocycles. The van der Waals surface area contributed by atoms with Gasteiger partial charge < -0.3 is 5.32 Å². The molecule has 5 heteroatoms. The van der Waals surface area contributed by atoms with Crippen LogP contribution in [0.4, 0.5) is 4.39 Å². The molecule has 1 N–H and O–H groups in total. The van der Waals surface area contributed by atoms with Crippen LogP contribution in [0, 0.1) is 5.82 Å².